The summed E-state index contributed by atoms with van der Waals surface area (Å²) in [4.78, 5) is 38.4. The molecule has 2 heterocycles. The molecule has 0 spiro atoms. The summed E-state index contributed by atoms with van der Waals surface area (Å²) in [6.07, 6.45) is -0.241. The first-order valence-corrected chi connectivity index (χ1v) is 11.5. The van der Waals surface area contributed by atoms with Crippen molar-refractivity contribution in [3.05, 3.63) is 71.4 Å². The fraction of sp³-hybridized carbons (Fsp3) is 0.308. The van der Waals surface area contributed by atoms with Crippen LogP contribution in [0.25, 0.3) is 11.1 Å². The van der Waals surface area contributed by atoms with Crippen molar-refractivity contribution in [2.45, 2.75) is 25.3 Å². The van der Waals surface area contributed by atoms with Crippen LogP contribution in [0.3, 0.4) is 0 Å². The van der Waals surface area contributed by atoms with E-state index >= 15 is 0 Å². The van der Waals surface area contributed by atoms with Gasteiger partial charge in [0, 0.05) is 31.6 Å². The topological polar surface area (TPSA) is 114 Å². The lowest BCUT2D eigenvalue weighted by Gasteiger charge is -2.22. The molecule has 35 heavy (non-hydrogen) atoms. The van der Waals surface area contributed by atoms with Crippen molar-refractivity contribution in [1.29, 1.82) is 0 Å². The van der Waals surface area contributed by atoms with E-state index in [0.29, 0.717) is 18.8 Å². The van der Waals surface area contributed by atoms with Gasteiger partial charge < -0.3 is 14.7 Å². The zero-order chi connectivity index (χ0) is 24.7. The molecule has 1 aliphatic carbocycles. The van der Waals surface area contributed by atoms with E-state index in [1.807, 2.05) is 24.3 Å². The van der Waals surface area contributed by atoms with Gasteiger partial charge in [0.25, 0.3) is 5.91 Å². The maximum absolute atomic E-state index is 12.9. The second-order valence-electron chi connectivity index (χ2n) is 8.96. The molecule has 1 aliphatic heterocycles. The molecule has 2 aromatic carbocycles. The molecule has 2 aliphatic rings. The number of carboxylic acids is 1. The minimum atomic E-state index is -0.911. The zero-order valence-corrected chi connectivity index (χ0v) is 19.5. The Morgan fingerprint density at radius 2 is 1.71 bits per heavy atom. The Hall–Kier alpha value is -4.14. The zero-order valence-electron chi connectivity index (χ0n) is 19.5. The molecule has 2 amide bonds. The first-order chi connectivity index (χ1) is 16.8. The van der Waals surface area contributed by atoms with E-state index < -0.39 is 24.0 Å². The molecule has 0 bridgehead atoms. The van der Waals surface area contributed by atoms with Crippen LogP contribution in [0.15, 0.2) is 54.6 Å². The highest BCUT2D eigenvalue weighted by Gasteiger charge is 2.39. The molecule has 2 atom stereocenters. The van der Waals surface area contributed by atoms with Crippen molar-refractivity contribution in [2.24, 2.45) is 13.0 Å². The average molecular weight is 475 g/mol. The van der Waals surface area contributed by atoms with Gasteiger partial charge in [-0.3, -0.25) is 19.6 Å². The van der Waals surface area contributed by atoms with Gasteiger partial charge in [0.2, 0.25) is 0 Å². The summed E-state index contributed by atoms with van der Waals surface area (Å²) >= 11 is 0. The highest BCUT2D eigenvalue weighted by atomic mass is 16.5. The molecule has 0 saturated carbocycles. The number of carbonyl (C=O) groups is 3. The van der Waals surface area contributed by atoms with Crippen LogP contribution >= 0.6 is 0 Å². The predicted molar refractivity (Wildman–Crippen MR) is 128 cm³/mol. The minimum absolute atomic E-state index is 0.0596. The van der Waals surface area contributed by atoms with Gasteiger partial charge in [0.1, 0.15) is 12.4 Å². The van der Waals surface area contributed by atoms with E-state index in [0.717, 1.165) is 22.3 Å². The molecule has 1 aromatic heterocycles. The smallest absolute Gasteiger partial charge is 0.412 e. The van der Waals surface area contributed by atoms with Crippen LogP contribution in [0.4, 0.5) is 10.6 Å². The molecular formula is C26H26N4O5. The fourth-order valence-electron chi connectivity index (χ4n) is 5.13. The highest BCUT2D eigenvalue weighted by Crippen LogP contribution is 2.44. The number of benzene rings is 2. The van der Waals surface area contributed by atoms with Gasteiger partial charge >= 0.3 is 12.1 Å². The van der Waals surface area contributed by atoms with Crippen LogP contribution in [0.1, 0.15) is 40.9 Å². The van der Waals surface area contributed by atoms with Crippen molar-refractivity contribution in [3.63, 3.8) is 0 Å². The predicted octanol–water partition coefficient (Wildman–Crippen LogP) is 3.72. The number of carbonyl (C=O) groups excluding carboxylic acids is 2. The van der Waals surface area contributed by atoms with Crippen LogP contribution in [-0.2, 0) is 16.6 Å². The van der Waals surface area contributed by atoms with E-state index in [1.54, 1.807) is 14.0 Å². The number of aryl methyl sites for hydroxylation is 1. The van der Waals surface area contributed by atoms with E-state index in [-0.39, 0.29) is 24.1 Å². The van der Waals surface area contributed by atoms with E-state index in [1.165, 1.54) is 15.6 Å². The Bertz CT molecular complexity index is 1270. The first-order valence-electron chi connectivity index (χ1n) is 11.5. The normalized spacial score (nSPS) is 18.7. The highest BCUT2D eigenvalue weighted by molar-refractivity contribution is 5.95. The standard InChI is InChI=1S/C26H26N4O5/c1-15-16(25(32)33)11-12-30(15)24(31)22-13-23(29(2)28-22)27-26(34)35-14-21-19-9-5-3-7-17(19)18-8-4-6-10-20(18)21/h3-10,13,15-16,21H,11-12,14H2,1-2H3,(H,27,34)(H,32,33). The Morgan fingerprint density at radius 3 is 2.31 bits per heavy atom. The summed E-state index contributed by atoms with van der Waals surface area (Å²) < 4.78 is 6.97. The monoisotopic (exact) mass is 474 g/mol. The minimum Gasteiger partial charge on any atom is -0.481 e. The lowest BCUT2D eigenvalue weighted by Crippen LogP contribution is -2.37. The SMILES string of the molecule is CC1C(C(=O)O)CCN1C(=O)c1cc(NC(=O)OCC2c3ccccc3-c3ccccc32)n(C)n1. The summed E-state index contributed by atoms with van der Waals surface area (Å²) in [5.41, 5.74) is 4.67. The van der Waals surface area contributed by atoms with Crippen LogP contribution in [0.2, 0.25) is 0 Å². The number of hydrogen-bond donors (Lipinski definition) is 2. The Morgan fingerprint density at radius 1 is 1.09 bits per heavy atom. The summed E-state index contributed by atoms with van der Waals surface area (Å²) in [5.74, 6) is -1.62. The summed E-state index contributed by atoms with van der Waals surface area (Å²) in [7, 11) is 1.61. The van der Waals surface area contributed by atoms with Gasteiger partial charge in [-0.15, -0.1) is 0 Å². The van der Waals surface area contributed by atoms with Gasteiger partial charge in [0.05, 0.1) is 5.92 Å². The quantitative estimate of drug-likeness (QED) is 0.583. The molecule has 0 radical (unpaired) electrons. The number of carboxylic acid groups (broad SMARTS) is 1. The van der Waals surface area contributed by atoms with Crippen molar-refractivity contribution in [2.75, 3.05) is 18.5 Å². The number of nitrogens with one attached hydrogen (secondary N) is 1. The largest absolute Gasteiger partial charge is 0.481 e. The number of nitrogens with zero attached hydrogens (tertiary/aromatic N) is 3. The van der Waals surface area contributed by atoms with Crippen molar-refractivity contribution < 1.29 is 24.2 Å². The molecule has 2 N–H and O–H groups in total. The van der Waals surface area contributed by atoms with Crippen LogP contribution in [0.5, 0.6) is 0 Å². The molecule has 2 unspecified atom stereocenters. The van der Waals surface area contributed by atoms with Crippen LogP contribution in [-0.4, -0.2) is 57.0 Å². The fourth-order valence-corrected chi connectivity index (χ4v) is 5.13. The van der Waals surface area contributed by atoms with E-state index in [4.69, 9.17) is 4.74 Å². The number of aliphatic carboxylic acids is 1. The molecule has 5 rings (SSSR count). The maximum atomic E-state index is 12.9. The van der Waals surface area contributed by atoms with Gasteiger partial charge in [-0.25, -0.2) is 4.79 Å². The number of fused-ring (bicyclic) bond motifs is 3. The second kappa shape index (κ2) is 8.90. The first kappa shape index (κ1) is 22.6. The van der Waals surface area contributed by atoms with Crippen LogP contribution in [0, 0.1) is 5.92 Å². The molecule has 9 heteroatoms. The third kappa shape index (κ3) is 4.03. The van der Waals surface area contributed by atoms with Gasteiger partial charge in [-0.2, -0.15) is 5.10 Å². The number of aromatic nitrogens is 2. The second-order valence-corrected chi connectivity index (χ2v) is 8.96. The summed E-state index contributed by atoms with van der Waals surface area (Å²) in [5, 5.41) is 16.2. The van der Waals surface area contributed by atoms with E-state index in [2.05, 4.69) is 34.7 Å². The van der Waals surface area contributed by atoms with Gasteiger partial charge in [-0.1, -0.05) is 48.5 Å². The number of anilines is 1. The number of amides is 2. The van der Waals surface area contributed by atoms with E-state index in [9.17, 15) is 19.5 Å². The molecule has 3 aromatic rings. The Kier molecular flexibility index (Phi) is 5.76. The van der Waals surface area contributed by atoms with Crippen molar-refractivity contribution in [1.82, 2.24) is 14.7 Å². The molecule has 1 fully saturated rings. The Labute approximate surface area is 202 Å². The lowest BCUT2D eigenvalue weighted by molar-refractivity contribution is -0.142. The molecular weight excluding hydrogens is 448 g/mol. The Balaban J connectivity index is 1.25. The third-order valence-corrected chi connectivity index (χ3v) is 7.01. The molecule has 9 nitrogen and oxygen atoms in total. The van der Waals surface area contributed by atoms with Gasteiger partial charge in [-0.05, 0) is 35.6 Å². The number of hydrogen-bond acceptors (Lipinski definition) is 5. The lowest BCUT2D eigenvalue weighted by atomic mass is 9.98. The summed E-state index contributed by atoms with van der Waals surface area (Å²) in [6.45, 7) is 2.25. The average Bonchev–Trinajstić information content (AvgIpc) is 3.51. The van der Waals surface area contributed by atoms with Crippen molar-refractivity contribution in [3.8, 4) is 11.1 Å². The van der Waals surface area contributed by atoms with Crippen molar-refractivity contribution >= 4 is 23.8 Å². The third-order valence-electron chi connectivity index (χ3n) is 7.01. The van der Waals surface area contributed by atoms with Crippen LogP contribution < -0.4 is 5.32 Å². The molecule has 1 saturated heterocycles. The number of ether oxygens (including phenoxy) is 1. The summed E-state index contributed by atoms with van der Waals surface area (Å²) in [6, 6.07) is 17.2. The maximum Gasteiger partial charge on any atom is 0.412 e. The molecule has 180 valence electrons. The number of rotatable bonds is 5. The number of likely N-dealkylation sites (tertiary alicyclic amines) is 1. The van der Waals surface area contributed by atoms with Gasteiger partial charge in [0.15, 0.2) is 5.69 Å².